The second kappa shape index (κ2) is 4.59. The number of hydrogen-bond donors (Lipinski definition) is 0. The van der Waals surface area contributed by atoms with E-state index in [-0.39, 0.29) is 8.80 Å². The molecule has 0 aliphatic heterocycles. The first-order chi connectivity index (χ1) is 3.31. The van der Waals surface area contributed by atoms with Crippen LogP contribution in [0.4, 0.5) is 0 Å². The van der Waals surface area contributed by atoms with Crippen molar-refractivity contribution in [3.8, 4) is 0 Å². The topological polar surface area (TPSA) is 0 Å². The van der Waals surface area contributed by atoms with Crippen LogP contribution in [0.15, 0.2) is 0 Å². The van der Waals surface area contributed by atoms with Crippen LogP contribution < -0.4 is 0 Å². The molecule has 0 aliphatic carbocycles. The van der Waals surface area contributed by atoms with Gasteiger partial charge in [0.2, 0.25) is 0 Å². The predicted octanol–water partition coefficient (Wildman–Crippen LogP) is 1.04. The van der Waals surface area contributed by atoms with Crippen LogP contribution in [0.5, 0.6) is 0 Å². The van der Waals surface area contributed by atoms with Gasteiger partial charge in [-0.1, -0.05) is 31.7 Å². The van der Waals surface area contributed by atoms with Crippen molar-refractivity contribution in [1.29, 1.82) is 0 Å². The highest BCUT2D eigenvalue weighted by atomic mass is 28.3. The van der Waals surface area contributed by atoms with Crippen LogP contribution in [0.1, 0.15) is 6.92 Å². The van der Waals surface area contributed by atoms with Crippen LogP contribution in [0.3, 0.4) is 0 Å². The zero-order chi connectivity index (χ0) is 5.70. The molecular formula is C5H16Si2. The molecule has 1 atom stereocenters. The quantitative estimate of drug-likeness (QED) is 0.503. The highest BCUT2D eigenvalue weighted by Crippen LogP contribution is 1.94. The summed E-state index contributed by atoms with van der Waals surface area (Å²) in [5.74, 6) is 0. The third kappa shape index (κ3) is 4.28. The summed E-state index contributed by atoms with van der Waals surface area (Å²) in [6.07, 6.45) is 0. The second-order valence-corrected chi connectivity index (χ2v) is 8.64. The molecule has 44 valence electrons. The first-order valence-electron chi connectivity index (χ1n) is 3.31. The van der Waals surface area contributed by atoms with E-state index in [1.54, 1.807) is 5.67 Å². The van der Waals surface area contributed by atoms with Gasteiger partial charge in [0.1, 0.15) is 0 Å². The van der Waals surface area contributed by atoms with Crippen molar-refractivity contribution < 1.29 is 0 Å². The van der Waals surface area contributed by atoms with E-state index in [4.69, 9.17) is 0 Å². The van der Waals surface area contributed by atoms with E-state index in [2.05, 4.69) is 20.0 Å². The van der Waals surface area contributed by atoms with Crippen molar-refractivity contribution in [2.24, 2.45) is 0 Å². The molecule has 0 fully saturated rings. The van der Waals surface area contributed by atoms with E-state index in [9.17, 15) is 0 Å². The summed E-state index contributed by atoms with van der Waals surface area (Å²) in [6.45, 7) is 7.23. The van der Waals surface area contributed by atoms with Crippen molar-refractivity contribution in [1.82, 2.24) is 0 Å². The minimum Gasteiger partial charge on any atom is -0.0750 e. The minimum absolute atomic E-state index is 0.120. The standard InChI is InChI=1S/C5H16Si2/c1-4-7(3)5-6-2/h7H,4-6H2,1-3H3. The smallest absolute Gasteiger partial charge is 0.0302 e. The summed E-state index contributed by atoms with van der Waals surface area (Å²) >= 11 is 0. The Morgan fingerprint density at radius 3 is 2.29 bits per heavy atom. The average Bonchev–Trinajstić information content (AvgIpc) is 1.68. The van der Waals surface area contributed by atoms with E-state index in [0.717, 1.165) is 0 Å². The van der Waals surface area contributed by atoms with E-state index in [1.165, 1.54) is 6.04 Å². The molecule has 1 unspecified atom stereocenters. The molecule has 0 amide bonds. The van der Waals surface area contributed by atoms with Crippen LogP contribution in [0.25, 0.3) is 0 Å². The summed E-state index contributed by atoms with van der Waals surface area (Å²) in [5.41, 5.74) is 1.68. The molecule has 0 saturated heterocycles. The Hall–Kier alpha value is 0.434. The summed E-state index contributed by atoms with van der Waals surface area (Å²) < 4.78 is 0. The summed E-state index contributed by atoms with van der Waals surface area (Å²) in [5, 5.41) is 0. The van der Waals surface area contributed by atoms with E-state index in [1.807, 2.05) is 0 Å². The first kappa shape index (κ1) is 7.43. The van der Waals surface area contributed by atoms with E-state index in [0.29, 0.717) is 9.52 Å². The highest BCUT2D eigenvalue weighted by molar-refractivity contribution is 6.68. The Balaban J connectivity index is 2.83. The Morgan fingerprint density at radius 2 is 2.14 bits per heavy atom. The average molecular weight is 132 g/mol. The van der Waals surface area contributed by atoms with Gasteiger partial charge in [0.25, 0.3) is 0 Å². The minimum atomic E-state index is -0.120. The molecule has 0 aromatic rings. The van der Waals surface area contributed by atoms with Gasteiger partial charge in [0, 0.05) is 18.3 Å². The Kier molecular flexibility index (Phi) is 4.87. The summed E-state index contributed by atoms with van der Waals surface area (Å²) in [4.78, 5) is 0. The van der Waals surface area contributed by atoms with Gasteiger partial charge in [-0.25, -0.2) is 0 Å². The molecule has 0 aromatic heterocycles. The maximum atomic E-state index is 2.48. The molecule has 0 aliphatic rings. The van der Waals surface area contributed by atoms with Crippen molar-refractivity contribution in [2.75, 3.05) is 0 Å². The Morgan fingerprint density at radius 1 is 1.57 bits per heavy atom. The van der Waals surface area contributed by atoms with Gasteiger partial charge >= 0.3 is 0 Å². The predicted molar refractivity (Wildman–Crippen MR) is 42.7 cm³/mol. The lowest BCUT2D eigenvalue weighted by atomic mass is 11.0. The summed E-state index contributed by atoms with van der Waals surface area (Å²) in [7, 11) is 0.298. The molecule has 0 heterocycles. The van der Waals surface area contributed by atoms with Gasteiger partial charge in [0.15, 0.2) is 0 Å². The largest absolute Gasteiger partial charge is 0.0750 e. The zero-order valence-electron chi connectivity index (χ0n) is 5.70. The van der Waals surface area contributed by atoms with Crippen molar-refractivity contribution in [3.05, 3.63) is 0 Å². The van der Waals surface area contributed by atoms with Crippen molar-refractivity contribution in [3.63, 3.8) is 0 Å². The molecule has 0 spiro atoms. The van der Waals surface area contributed by atoms with Crippen molar-refractivity contribution >= 4 is 18.3 Å². The fraction of sp³-hybridized carbons (Fsp3) is 1.00. The van der Waals surface area contributed by atoms with Gasteiger partial charge in [-0.05, 0) is 0 Å². The molecule has 0 saturated carbocycles. The molecular weight excluding hydrogens is 116 g/mol. The van der Waals surface area contributed by atoms with Crippen LogP contribution >= 0.6 is 0 Å². The van der Waals surface area contributed by atoms with Gasteiger partial charge in [0.05, 0.1) is 0 Å². The third-order valence-corrected chi connectivity index (χ3v) is 9.12. The maximum absolute atomic E-state index is 2.48. The molecule has 0 N–H and O–H groups in total. The van der Waals surface area contributed by atoms with Crippen LogP contribution in [0, 0.1) is 0 Å². The second-order valence-electron chi connectivity index (χ2n) is 2.30. The molecule has 0 radical (unpaired) electrons. The number of rotatable bonds is 3. The maximum Gasteiger partial charge on any atom is 0.0302 e. The van der Waals surface area contributed by atoms with Gasteiger partial charge in [-0.3, -0.25) is 0 Å². The zero-order valence-corrected chi connectivity index (χ0v) is 8.27. The lowest BCUT2D eigenvalue weighted by Crippen LogP contribution is -2.06. The molecule has 0 bridgehead atoms. The first-order valence-corrected chi connectivity index (χ1v) is 8.51. The van der Waals surface area contributed by atoms with Crippen LogP contribution in [-0.2, 0) is 0 Å². The molecule has 7 heavy (non-hydrogen) atoms. The third-order valence-electron chi connectivity index (χ3n) is 1.48. The molecule has 0 rings (SSSR count). The monoisotopic (exact) mass is 132 g/mol. The van der Waals surface area contributed by atoms with E-state index < -0.39 is 0 Å². The van der Waals surface area contributed by atoms with Crippen molar-refractivity contribution in [2.45, 2.75) is 31.7 Å². The van der Waals surface area contributed by atoms with Crippen LogP contribution in [0.2, 0.25) is 24.8 Å². The van der Waals surface area contributed by atoms with Gasteiger partial charge < -0.3 is 0 Å². The van der Waals surface area contributed by atoms with Crippen LogP contribution in [-0.4, -0.2) is 18.3 Å². The van der Waals surface area contributed by atoms with E-state index >= 15 is 0 Å². The normalized spacial score (nSPS) is 15.9. The lowest BCUT2D eigenvalue weighted by Gasteiger charge is -1.99. The highest BCUT2D eigenvalue weighted by Gasteiger charge is 1.95. The molecule has 2 heteroatoms. The fourth-order valence-corrected chi connectivity index (χ4v) is 6.27. The molecule has 0 nitrogen and oxygen atoms in total. The van der Waals surface area contributed by atoms with Gasteiger partial charge in [-0.15, -0.1) is 0 Å². The SMILES string of the molecule is CC[SiH](C)C[SiH2]C. The number of hydrogen-bond acceptors (Lipinski definition) is 0. The fourth-order valence-electron chi connectivity index (χ4n) is 0.697. The molecule has 0 aromatic carbocycles. The summed E-state index contributed by atoms with van der Waals surface area (Å²) in [6, 6.07) is 1.51. The van der Waals surface area contributed by atoms with Gasteiger partial charge in [-0.2, -0.15) is 0 Å². The Labute approximate surface area is 50.8 Å². The Bertz CT molecular complexity index is 37.1. The lowest BCUT2D eigenvalue weighted by molar-refractivity contribution is 1.40.